The Morgan fingerprint density at radius 1 is 1.00 bits per heavy atom. The lowest BCUT2D eigenvalue weighted by Crippen LogP contribution is -2.45. The molecule has 2 N–H and O–H groups in total. The maximum absolute atomic E-state index is 13.4. The first kappa shape index (κ1) is 32.5. The molecule has 3 saturated heterocycles. The van der Waals surface area contributed by atoms with Crippen molar-refractivity contribution in [1.82, 2.24) is 19.8 Å². The predicted octanol–water partition coefficient (Wildman–Crippen LogP) is 5.52. The van der Waals surface area contributed by atoms with E-state index in [2.05, 4.69) is 72.4 Å². The van der Waals surface area contributed by atoms with Gasteiger partial charge in [-0.25, -0.2) is 4.98 Å². The second-order valence-corrected chi connectivity index (χ2v) is 17.7. The summed E-state index contributed by atoms with van der Waals surface area (Å²) < 4.78 is 31.6. The average Bonchev–Trinajstić information content (AvgIpc) is 3.60. The van der Waals surface area contributed by atoms with Crippen molar-refractivity contribution in [2.75, 3.05) is 95.5 Å². The number of hydrogen-bond donors (Lipinski definition) is 2. The lowest BCUT2D eigenvalue weighted by Gasteiger charge is -2.39. The van der Waals surface area contributed by atoms with Gasteiger partial charge in [-0.2, -0.15) is 4.98 Å². The number of likely N-dealkylation sites (tertiary alicyclic amines) is 2. The van der Waals surface area contributed by atoms with Gasteiger partial charge in [-0.1, -0.05) is 0 Å². The smallest absolute Gasteiger partial charge is 0.229 e. The Morgan fingerprint density at radius 2 is 1.72 bits per heavy atom. The first-order valence-corrected chi connectivity index (χ1v) is 19.9. The molecule has 0 bridgehead atoms. The molecule has 47 heavy (non-hydrogen) atoms. The molecule has 0 amide bonds. The van der Waals surface area contributed by atoms with E-state index in [0.717, 1.165) is 36.4 Å². The number of hydrogen-bond acceptors (Lipinski definition) is 11. The quantitative estimate of drug-likeness (QED) is 0.287. The highest BCUT2D eigenvalue weighted by atomic mass is 79.9. The first-order valence-electron chi connectivity index (χ1n) is 16.5. The molecular formula is C34H45BrN7O4P. The van der Waals surface area contributed by atoms with Crippen LogP contribution in [0.1, 0.15) is 18.4 Å². The molecule has 7 rings (SSSR count). The van der Waals surface area contributed by atoms with Crippen LogP contribution in [-0.2, 0) is 4.57 Å². The van der Waals surface area contributed by atoms with Crippen LogP contribution in [0.15, 0.2) is 34.9 Å². The van der Waals surface area contributed by atoms with E-state index in [-0.39, 0.29) is 0 Å². The van der Waals surface area contributed by atoms with Crippen molar-refractivity contribution in [3.8, 4) is 17.2 Å². The van der Waals surface area contributed by atoms with Crippen molar-refractivity contribution in [2.24, 2.45) is 11.8 Å². The van der Waals surface area contributed by atoms with Gasteiger partial charge in [0.05, 0.1) is 28.3 Å². The summed E-state index contributed by atoms with van der Waals surface area (Å²) in [6, 6.07) is 8.61. The van der Waals surface area contributed by atoms with Gasteiger partial charge < -0.3 is 39.2 Å². The van der Waals surface area contributed by atoms with Gasteiger partial charge >= 0.3 is 0 Å². The van der Waals surface area contributed by atoms with Gasteiger partial charge in [0.2, 0.25) is 5.95 Å². The molecule has 3 aromatic rings. The van der Waals surface area contributed by atoms with Crippen LogP contribution in [0, 0.1) is 18.8 Å². The van der Waals surface area contributed by atoms with Gasteiger partial charge in [0, 0.05) is 63.3 Å². The van der Waals surface area contributed by atoms with E-state index in [1.807, 2.05) is 12.1 Å². The van der Waals surface area contributed by atoms with Gasteiger partial charge in [0.15, 0.2) is 11.5 Å². The van der Waals surface area contributed by atoms with Gasteiger partial charge in [-0.3, -0.25) is 4.90 Å². The van der Waals surface area contributed by atoms with Crippen molar-refractivity contribution in [3.63, 3.8) is 0 Å². The minimum atomic E-state index is -2.75. The molecule has 4 aliphatic heterocycles. The van der Waals surface area contributed by atoms with Gasteiger partial charge in [-0.05, 0) is 91.7 Å². The number of halogens is 1. The second kappa shape index (κ2) is 13.1. The molecule has 2 unspecified atom stereocenters. The molecular weight excluding hydrogens is 681 g/mol. The molecule has 252 valence electrons. The normalized spacial score (nSPS) is 22.0. The minimum Gasteiger partial charge on any atom is -0.494 e. The number of rotatable bonds is 8. The van der Waals surface area contributed by atoms with Gasteiger partial charge in [0.1, 0.15) is 31.9 Å². The zero-order valence-electron chi connectivity index (χ0n) is 27.9. The number of aromatic nitrogens is 2. The summed E-state index contributed by atoms with van der Waals surface area (Å²) in [5, 5.41) is 7.34. The third kappa shape index (κ3) is 6.67. The van der Waals surface area contributed by atoms with Gasteiger partial charge in [-0.15, -0.1) is 0 Å². The fraction of sp³-hybridized carbons (Fsp3) is 0.529. The zero-order chi connectivity index (χ0) is 32.9. The van der Waals surface area contributed by atoms with E-state index in [1.54, 1.807) is 26.6 Å². The number of ether oxygens (including phenoxy) is 3. The molecule has 4 aliphatic rings. The number of nitrogens with zero attached hydrogens (tertiary/aromatic N) is 5. The zero-order valence-corrected chi connectivity index (χ0v) is 30.4. The summed E-state index contributed by atoms with van der Waals surface area (Å²) in [6.07, 6.45) is 4.07. The summed E-state index contributed by atoms with van der Waals surface area (Å²) in [5.41, 5.74) is 3.81. The molecule has 1 aromatic heterocycles. The highest BCUT2D eigenvalue weighted by Gasteiger charge is 2.41. The largest absolute Gasteiger partial charge is 0.494 e. The van der Waals surface area contributed by atoms with Crippen LogP contribution in [-0.4, -0.2) is 106 Å². The Morgan fingerprint density at radius 3 is 2.43 bits per heavy atom. The van der Waals surface area contributed by atoms with Gasteiger partial charge in [0.25, 0.3) is 0 Å². The van der Waals surface area contributed by atoms with Crippen LogP contribution in [0.2, 0.25) is 0 Å². The highest BCUT2D eigenvalue weighted by molar-refractivity contribution is 9.10. The molecule has 0 radical (unpaired) electrons. The van der Waals surface area contributed by atoms with Crippen molar-refractivity contribution in [2.45, 2.75) is 25.8 Å². The number of anilines is 5. The van der Waals surface area contributed by atoms with Crippen LogP contribution in [0.3, 0.4) is 0 Å². The van der Waals surface area contributed by atoms with Crippen LogP contribution in [0.4, 0.5) is 28.8 Å². The Balaban J connectivity index is 1.06. The van der Waals surface area contributed by atoms with Crippen molar-refractivity contribution < 1.29 is 18.8 Å². The number of aryl methyl sites for hydroxylation is 1. The maximum atomic E-state index is 13.4. The lowest BCUT2D eigenvalue weighted by molar-refractivity contribution is 0.173. The molecule has 2 aromatic carbocycles. The van der Waals surface area contributed by atoms with Crippen molar-refractivity contribution in [3.05, 3.63) is 40.5 Å². The topological polar surface area (TPSA) is 104 Å². The fourth-order valence-electron chi connectivity index (χ4n) is 7.82. The molecule has 13 heteroatoms. The number of piperidine rings is 1. The molecule has 11 nitrogen and oxygen atoms in total. The third-order valence-corrected chi connectivity index (χ3v) is 12.1. The van der Waals surface area contributed by atoms with E-state index in [4.69, 9.17) is 19.2 Å². The minimum absolute atomic E-state index is 0.402. The number of nitrogens with one attached hydrogen (secondary N) is 2. The van der Waals surface area contributed by atoms with E-state index >= 15 is 0 Å². The Kier molecular flexibility index (Phi) is 9.06. The predicted molar refractivity (Wildman–Crippen MR) is 192 cm³/mol. The lowest BCUT2D eigenvalue weighted by atomic mass is 10.0. The first-order chi connectivity index (χ1) is 22.6. The highest BCUT2D eigenvalue weighted by Crippen LogP contribution is 2.47. The molecule has 0 saturated carbocycles. The van der Waals surface area contributed by atoms with Crippen molar-refractivity contribution in [1.29, 1.82) is 0 Å². The number of methoxy groups -OCH3 is 1. The van der Waals surface area contributed by atoms with E-state index < -0.39 is 7.14 Å². The fourth-order valence-corrected chi connectivity index (χ4v) is 9.48. The van der Waals surface area contributed by atoms with Crippen LogP contribution < -0.4 is 35.0 Å². The molecule has 0 spiro atoms. The number of benzene rings is 2. The van der Waals surface area contributed by atoms with Crippen LogP contribution >= 0.6 is 23.1 Å². The Labute approximate surface area is 285 Å². The maximum Gasteiger partial charge on any atom is 0.229 e. The standard InChI is InChI=1S/C34H45BrN7O4P/c1-21-14-27(30(44-3)15-28(21)41-10-8-24(9-11-41)42-19-22-17-40(2)18-23(22)20-42)38-34-36-16-25(35)33(39-34)37-26-6-7-29-31(46-13-12-45-29)32(26)47(4,5)43/h6-7,14-16,22-24H,8-13,17-20H2,1-5H3,(H2,36,37,38,39). The summed E-state index contributed by atoms with van der Waals surface area (Å²) in [7, 11) is 1.21. The molecule has 0 aliphatic carbocycles. The van der Waals surface area contributed by atoms with Crippen LogP contribution in [0.5, 0.6) is 17.2 Å². The second-order valence-electron chi connectivity index (χ2n) is 13.7. The number of fused-ring (bicyclic) bond motifs is 2. The molecule has 3 fully saturated rings. The molecule has 2 atom stereocenters. The van der Waals surface area contributed by atoms with E-state index in [0.29, 0.717) is 58.0 Å². The Bertz CT molecular complexity index is 1680. The third-order valence-electron chi connectivity index (χ3n) is 10.0. The van der Waals surface area contributed by atoms with E-state index in [1.165, 1.54) is 50.3 Å². The summed E-state index contributed by atoms with van der Waals surface area (Å²) in [4.78, 5) is 17.1. The average molecular weight is 727 g/mol. The monoisotopic (exact) mass is 725 g/mol. The summed E-state index contributed by atoms with van der Waals surface area (Å²) in [5.74, 6) is 4.48. The Hall–Kier alpha value is -3.05. The molecule has 5 heterocycles. The van der Waals surface area contributed by atoms with Crippen molar-refractivity contribution >= 4 is 57.2 Å². The van der Waals surface area contributed by atoms with E-state index in [9.17, 15) is 4.57 Å². The summed E-state index contributed by atoms with van der Waals surface area (Å²) >= 11 is 3.58. The SMILES string of the molecule is COc1cc(N2CCC(N3CC4CN(C)CC4C3)CC2)c(C)cc1Nc1ncc(Br)c(Nc2ccc3c(c2P(C)(C)=O)OCCO3)n1. The van der Waals surface area contributed by atoms with Crippen LogP contribution in [0.25, 0.3) is 0 Å². The summed E-state index contributed by atoms with van der Waals surface area (Å²) in [6.45, 7) is 13.6.